The lowest BCUT2D eigenvalue weighted by Crippen LogP contribution is -2.28. The van der Waals surface area contributed by atoms with E-state index < -0.39 is 0 Å². The molecule has 0 aliphatic heterocycles. The van der Waals surface area contributed by atoms with Crippen LogP contribution < -0.4 is 16.0 Å². The monoisotopic (exact) mass is 335 g/mol. The zero-order valence-corrected chi connectivity index (χ0v) is 13.5. The van der Waals surface area contributed by atoms with Crippen LogP contribution in [0.15, 0.2) is 78.9 Å². The Balaban J connectivity index is 1.50. The molecule has 0 aliphatic rings. The van der Waals surface area contributed by atoms with Crippen LogP contribution in [-0.4, -0.2) is 6.03 Å². The van der Waals surface area contributed by atoms with E-state index in [1.165, 1.54) is 12.1 Å². The Labute approximate surface area is 145 Å². The second kappa shape index (κ2) is 7.97. The molecule has 2 amide bonds. The van der Waals surface area contributed by atoms with E-state index in [4.69, 9.17) is 0 Å². The first-order valence-electron chi connectivity index (χ1n) is 7.90. The Morgan fingerprint density at radius 1 is 0.760 bits per heavy atom. The number of urea groups is 1. The lowest BCUT2D eigenvalue weighted by molar-refractivity contribution is 0.251. The summed E-state index contributed by atoms with van der Waals surface area (Å²) in [5.41, 5.74) is 3.46. The number of amides is 2. The highest BCUT2D eigenvalue weighted by molar-refractivity contribution is 5.89. The van der Waals surface area contributed by atoms with Crippen LogP contribution in [0.4, 0.5) is 26.2 Å². The Hall–Kier alpha value is -3.34. The van der Waals surface area contributed by atoms with Gasteiger partial charge < -0.3 is 16.0 Å². The second-order valence-electron chi connectivity index (χ2n) is 5.50. The van der Waals surface area contributed by atoms with Gasteiger partial charge in [0.25, 0.3) is 0 Å². The third kappa shape index (κ3) is 5.07. The number of hydrogen-bond donors (Lipinski definition) is 3. The maximum Gasteiger partial charge on any atom is 0.319 e. The summed E-state index contributed by atoms with van der Waals surface area (Å²) in [5, 5.41) is 8.77. The minimum Gasteiger partial charge on any atom is -0.356 e. The second-order valence-corrected chi connectivity index (χ2v) is 5.50. The SMILES string of the molecule is O=C(NCc1ccc(F)cc1)Nc1ccc(Nc2ccccc2)cc1. The number of benzene rings is 3. The Morgan fingerprint density at radius 2 is 1.36 bits per heavy atom. The minimum atomic E-state index is -0.312. The molecule has 5 heteroatoms. The van der Waals surface area contributed by atoms with Crippen molar-refractivity contribution in [3.8, 4) is 0 Å². The summed E-state index contributed by atoms with van der Waals surface area (Å²) < 4.78 is 12.8. The summed E-state index contributed by atoms with van der Waals surface area (Å²) in [6.07, 6.45) is 0. The van der Waals surface area contributed by atoms with Gasteiger partial charge in [0.05, 0.1) is 0 Å². The molecule has 3 rings (SSSR count). The molecule has 0 heterocycles. The van der Waals surface area contributed by atoms with Crippen LogP contribution in [-0.2, 0) is 6.54 Å². The quantitative estimate of drug-likeness (QED) is 0.622. The van der Waals surface area contributed by atoms with Gasteiger partial charge >= 0.3 is 6.03 Å². The molecule has 0 atom stereocenters. The predicted octanol–water partition coefficient (Wildman–Crippen LogP) is 4.89. The van der Waals surface area contributed by atoms with E-state index in [2.05, 4.69) is 16.0 Å². The topological polar surface area (TPSA) is 53.2 Å². The largest absolute Gasteiger partial charge is 0.356 e. The van der Waals surface area contributed by atoms with E-state index in [9.17, 15) is 9.18 Å². The fourth-order valence-corrected chi connectivity index (χ4v) is 2.28. The van der Waals surface area contributed by atoms with Crippen LogP contribution in [0.25, 0.3) is 0 Å². The summed E-state index contributed by atoms with van der Waals surface area (Å²) in [4.78, 5) is 11.9. The van der Waals surface area contributed by atoms with Gasteiger partial charge in [-0.2, -0.15) is 0 Å². The number of anilines is 3. The van der Waals surface area contributed by atoms with Crippen molar-refractivity contribution in [2.45, 2.75) is 6.54 Å². The van der Waals surface area contributed by atoms with Gasteiger partial charge in [-0.15, -0.1) is 0 Å². The van der Waals surface area contributed by atoms with Crippen molar-refractivity contribution in [2.75, 3.05) is 10.6 Å². The smallest absolute Gasteiger partial charge is 0.319 e. The lowest BCUT2D eigenvalue weighted by Gasteiger charge is -2.10. The summed E-state index contributed by atoms with van der Waals surface area (Å²) >= 11 is 0. The van der Waals surface area contributed by atoms with Gasteiger partial charge in [-0.25, -0.2) is 9.18 Å². The molecule has 3 N–H and O–H groups in total. The first-order chi connectivity index (χ1) is 12.2. The predicted molar refractivity (Wildman–Crippen MR) is 98.4 cm³/mol. The Morgan fingerprint density at radius 3 is 2.04 bits per heavy atom. The zero-order chi connectivity index (χ0) is 17.5. The van der Waals surface area contributed by atoms with Gasteiger partial charge in [-0.05, 0) is 54.1 Å². The van der Waals surface area contributed by atoms with Crippen molar-refractivity contribution < 1.29 is 9.18 Å². The highest BCUT2D eigenvalue weighted by atomic mass is 19.1. The highest BCUT2D eigenvalue weighted by Gasteiger charge is 2.02. The van der Waals surface area contributed by atoms with Gasteiger partial charge in [0.2, 0.25) is 0 Å². The summed E-state index contributed by atoms with van der Waals surface area (Å²) in [6.45, 7) is 0.333. The third-order valence-electron chi connectivity index (χ3n) is 3.57. The van der Waals surface area contributed by atoms with Gasteiger partial charge in [0, 0.05) is 23.6 Å². The molecular formula is C20H18FN3O. The number of para-hydroxylation sites is 1. The van der Waals surface area contributed by atoms with Gasteiger partial charge in [0.15, 0.2) is 0 Å². The van der Waals surface area contributed by atoms with E-state index >= 15 is 0 Å². The van der Waals surface area contributed by atoms with E-state index in [1.54, 1.807) is 12.1 Å². The summed E-state index contributed by atoms with van der Waals surface area (Å²) in [6, 6.07) is 23.0. The van der Waals surface area contributed by atoms with Crippen LogP contribution in [0.1, 0.15) is 5.56 Å². The minimum absolute atomic E-state index is 0.294. The van der Waals surface area contributed by atoms with Gasteiger partial charge in [0.1, 0.15) is 5.82 Å². The fourth-order valence-electron chi connectivity index (χ4n) is 2.28. The average Bonchev–Trinajstić information content (AvgIpc) is 2.64. The number of carbonyl (C=O) groups is 1. The molecule has 0 saturated heterocycles. The average molecular weight is 335 g/mol. The molecule has 25 heavy (non-hydrogen) atoms. The van der Waals surface area contributed by atoms with Crippen LogP contribution in [0.5, 0.6) is 0 Å². The van der Waals surface area contributed by atoms with E-state index in [1.807, 2.05) is 54.6 Å². The molecule has 3 aromatic carbocycles. The first-order valence-corrected chi connectivity index (χ1v) is 7.90. The number of carbonyl (C=O) groups excluding carboxylic acids is 1. The number of hydrogen-bond acceptors (Lipinski definition) is 2. The normalized spacial score (nSPS) is 10.1. The molecular weight excluding hydrogens is 317 g/mol. The van der Waals surface area contributed by atoms with Crippen LogP contribution in [0.3, 0.4) is 0 Å². The fraction of sp³-hybridized carbons (Fsp3) is 0.0500. The van der Waals surface area contributed by atoms with E-state index in [-0.39, 0.29) is 11.8 Å². The molecule has 0 aromatic heterocycles. The van der Waals surface area contributed by atoms with Crippen molar-refractivity contribution in [3.05, 3.63) is 90.2 Å². The highest BCUT2D eigenvalue weighted by Crippen LogP contribution is 2.18. The molecule has 0 unspecified atom stereocenters. The van der Waals surface area contributed by atoms with Gasteiger partial charge in [-0.1, -0.05) is 30.3 Å². The van der Waals surface area contributed by atoms with E-state index in [0.29, 0.717) is 12.2 Å². The zero-order valence-electron chi connectivity index (χ0n) is 13.5. The number of nitrogens with one attached hydrogen (secondary N) is 3. The van der Waals surface area contributed by atoms with Crippen molar-refractivity contribution in [1.82, 2.24) is 5.32 Å². The molecule has 126 valence electrons. The molecule has 0 spiro atoms. The summed E-state index contributed by atoms with van der Waals surface area (Å²) in [5.74, 6) is -0.294. The van der Waals surface area contributed by atoms with Crippen LogP contribution >= 0.6 is 0 Å². The van der Waals surface area contributed by atoms with Crippen LogP contribution in [0.2, 0.25) is 0 Å². The number of rotatable bonds is 5. The Kier molecular flexibility index (Phi) is 5.26. The molecule has 0 radical (unpaired) electrons. The first kappa shape index (κ1) is 16.5. The molecule has 0 fully saturated rings. The van der Waals surface area contributed by atoms with Gasteiger partial charge in [-0.3, -0.25) is 0 Å². The maximum atomic E-state index is 12.8. The maximum absolute atomic E-state index is 12.8. The van der Waals surface area contributed by atoms with Crippen molar-refractivity contribution >= 4 is 23.1 Å². The van der Waals surface area contributed by atoms with Crippen molar-refractivity contribution in [2.24, 2.45) is 0 Å². The lowest BCUT2D eigenvalue weighted by atomic mass is 10.2. The molecule has 0 aliphatic carbocycles. The molecule has 0 bridgehead atoms. The van der Waals surface area contributed by atoms with E-state index in [0.717, 1.165) is 16.9 Å². The molecule has 4 nitrogen and oxygen atoms in total. The molecule has 3 aromatic rings. The van der Waals surface area contributed by atoms with Crippen LogP contribution in [0, 0.1) is 5.82 Å². The van der Waals surface area contributed by atoms with Crippen molar-refractivity contribution in [3.63, 3.8) is 0 Å². The summed E-state index contributed by atoms with van der Waals surface area (Å²) in [7, 11) is 0. The number of halogens is 1. The molecule has 0 saturated carbocycles. The standard InChI is InChI=1S/C20H18FN3O/c21-16-8-6-15(7-9-16)14-22-20(25)24-19-12-10-18(11-13-19)23-17-4-2-1-3-5-17/h1-13,23H,14H2,(H2,22,24,25). The van der Waals surface area contributed by atoms with Crippen molar-refractivity contribution in [1.29, 1.82) is 0 Å². The Bertz CT molecular complexity index is 818. The third-order valence-corrected chi connectivity index (χ3v) is 3.57.